The molecule has 1 rings (SSSR count). The highest BCUT2D eigenvalue weighted by atomic mass is 14.9. The maximum atomic E-state index is 5.89. The normalized spacial score (nSPS) is 13.8. The summed E-state index contributed by atoms with van der Waals surface area (Å²) in [4.78, 5) is 4.39. The lowest BCUT2D eigenvalue weighted by molar-refractivity contribution is 0.733. The summed E-state index contributed by atoms with van der Waals surface area (Å²) in [5.41, 5.74) is 13.5. The Hall–Kier alpha value is -1.35. The molecule has 0 amide bonds. The third kappa shape index (κ3) is 3.66. The first-order valence-electron chi connectivity index (χ1n) is 5.80. The zero-order valence-electron chi connectivity index (χ0n) is 10.1. The second kappa shape index (κ2) is 6.28. The van der Waals surface area contributed by atoms with Gasteiger partial charge < -0.3 is 11.5 Å². The zero-order chi connectivity index (χ0) is 12.0. The fourth-order valence-corrected chi connectivity index (χ4v) is 1.37. The van der Waals surface area contributed by atoms with Gasteiger partial charge in [0.2, 0.25) is 0 Å². The van der Waals surface area contributed by atoms with Gasteiger partial charge in [-0.1, -0.05) is 26.0 Å². The van der Waals surface area contributed by atoms with Crippen molar-refractivity contribution in [2.75, 3.05) is 6.54 Å². The minimum Gasteiger partial charge on any atom is -0.387 e. The van der Waals surface area contributed by atoms with Crippen molar-refractivity contribution in [2.45, 2.75) is 26.7 Å². The van der Waals surface area contributed by atoms with Crippen LogP contribution in [0.3, 0.4) is 0 Å². The number of hydrogen-bond donors (Lipinski definition) is 2. The van der Waals surface area contributed by atoms with E-state index in [0.717, 1.165) is 18.5 Å². The molecule has 16 heavy (non-hydrogen) atoms. The molecule has 1 unspecified atom stereocenters. The largest absolute Gasteiger partial charge is 0.387 e. The summed E-state index contributed by atoms with van der Waals surface area (Å²) in [5, 5.41) is 0. The highest BCUT2D eigenvalue weighted by Gasteiger charge is 2.03. The van der Waals surface area contributed by atoms with Gasteiger partial charge in [0.15, 0.2) is 0 Å². The summed E-state index contributed by atoms with van der Waals surface area (Å²) in [7, 11) is 0. The fraction of sp³-hybridized carbons (Fsp3) is 0.462. The van der Waals surface area contributed by atoms with Gasteiger partial charge in [-0.05, 0) is 37.1 Å². The number of aliphatic imine (C=N–C) groups is 1. The molecule has 0 saturated carbocycles. The second-order valence-corrected chi connectivity index (χ2v) is 4.05. The van der Waals surface area contributed by atoms with Crippen molar-refractivity contribution in [2.24, 2.45) is 22.4 Å². The van der Waals surface area contributed by atoms with Crippen LogP contribution in [-0.2, 0) is 6.42 Å². The fourth-order valence-electron chi connectivity index (χ4n) is 1.37. The molecule has 4 N–H and O–H groups in total. The van der Waals surface area contributed by atoms with Gasteiger partial charge in [0.05, 0.1) is 5.69 Å². The monoisotopic (exact) mass is 219 g/mol. The zero-order valence-corrected chi connectivity index (χ0v) is 10.1. The Morgan fingerprint density at radius 1 is 1.31 bits per heavy atom. The molecule has 1 atom stereocenters. The second-order valence-electron chi connectivity index (χ2n) is 4.05. The molecule has 1 aromatic rings. The molecule has 0 aliphatic carbocycles. The van der Waals surface area contributed by atoms with Gasteiger partial charge in [0.25, 0.3) is 0 Å². The number of benzene rings is 1. The molecule has 88 valence electrons. The topological polar surface area (TPSA) is 64.4 Å². The Morgan fingerprint density at radius 3 is 2.44 bits per heavy atom. The number of nitrogens with zero attached hydrogens (tertiary/aromatic N) is 1. The van der Waals surface area contributed by atoms with Crippen LogP contribution in [0.4, 0.5) is 5.69 Å². The summed E-state index contributed by atoms with van der Waals surface area (Å²) in [6.07, 6.45) is 1.92. The lowest BCUT2D eigenvalue weighted by Crippen LogP contribution is -2.20. The van der Waals surface area contributed by atoms with Crippen LogP contribution >= 0.6 is 0 Å². The van der Waals surface area contributed by atoms with Gasteiger partial charge in [-0.15, -0.1) is 0 Å². The molecule has 0 aromatic heterocycles. The maximum absolute atomic E-state index is 5.89. The molecule has 3 heteroatoms. The van der Waals surface area contributed by atoms with E-state index in [0.29, 0.717) is 18.3 Å². The van der Waals surface area contributed by atoms with E-state index in [1.165, 1.54) is 5.56 Å². The molecule has 0 radical (unpaired) electrons. The van der Waals surface area contributed by atoms with Crippen LogP contribution in [0.2, 0.25) is 0 Å². The third-order valence-corrected chi connectivity index (χ3v) is 2.74. The van der Waals surface area contributed by atoms with E-state index in [2.05, 4.69) is 31.0 Å². The van der Waals surface area contributed by atoms with E-state index < -0.39 is 0 Å². The van der Waals surface area contributed by atoms with Gasteiger partial charge in [-0.2, -0.15) is 0 Å². The average molecular weight is 219 g/mol. The van der Waals surface area contributed by atoms with E-state index in [1.807, 2.05) is 12.1 Å². The van der Waals surface area contributed by atoms with Crippen LogP contribution in [0.5, 0.6) is 0 Å². The molecule has 0 spiro atoms. The van der Waals surface area contributed by atoms with Crippen LogP contribution in [0.15, 0.2) is 29.3 Å². The molecule has 0 aliphatic heterocycles. The highest BCUT2D eigenvalue weighted by Crippen LogP contribution is 2.15. The predicted octanol–water partition coefficient (Wildman–Crippen LogP) is 2.22. The lowest BCUT2D eigenvalue weighted by atomic mass is 10.1. The Kier molecular flexibility index (Phi) is 4.99. The van der Waals surface area contributed by atoms with Crippen molar-refractivity contribution < 1.29 is 0 Å². The first kappa shape index (κ1) is 12.7. The molecule has 3 nitrogen and oxygen atoms in total. The molecule has 0 aliphatic rings. The van der Waals surface area contributed by atoms with E-state index in [4.69, 9.17) is 11.5 Å². The molecular weight excluding hydrogens is 198 g/mol. The Bertz CT molecular complexity index is 341. The van der Waals surface area contributed by atoms with Gasteiger partial charge in [-0.25, -0.2) is 4.99 Å². The summed E-state index contributed by atoms with van der Waals surface area (Å²) in [5.74, 6) is 1.04. The van der Waals surface area contributed by atoms with Gasteiger partial charge in [-0.3, -0.25) is 0 Å². The number of hydrogen-bond acceptors (Lipinski definition) is 2. The van der Waals surface area contributed by atoms with Crippen LogP contribution < -0.4 is 11.5 Å². The first-order valence-corrected chi connectivity index (χ1v) is 5.80. The summed E-state index contributed by atoms with van der Waals surface area (Å²) >= 11 is 0. The lowest BCUT2D eigenvalue weighted by Gasteiger charge is -2.07. The summed E-state index contributed by atoms with van der Waals surface area (Å²) in [6.45, 7) is 4.87. The smallest absolute Gasteiger partial charge is 0.102 e. The maximum Gasteiger partial charge on any atom is 0.102 e. The van der Waals surface area contributed by atoms with E-state index in [-0.39, 0.29) is 0 Å². The van der Waals surface area contributed by atoms with Gasteiger partial charge >= 0.3 is 0 Å². The Labute approximate surface area is 97.6 Å². The number of amidine groups is 1. The summed E-state index contributed by atoms with van der Waals surface area (Å²) in [6, 6.07) is 8.08. The molecule has 0 saturated heterocycles. The number of nitrogens with two attached hydrogens (primary N) is 2. The van der Waals surface area contributed by atoms with Crippen LogP contribution in [-0.4, -0.2) is 12.4 Å². The number of rotatable bonds is 5. The highest BCUT2D eigenvalue weighted by molar-refractivity contribution is 5.85. The first-order chi connectivity index (χ1) is 7.67. The molecule has 0 heterocycles. The van der Waals surface area contributed by atoms with Crippen LogP contribution in [0.25, 0.3) is 0 Å². The Balaban J connectivity index is 2.74. The van der Waals surface area contributed by atoms with Crippen molar-refractivity contribution in [1.29, 1.82) is 0 Å². The molecule has 0 bridgehead atoms. The minimum atomic E-state index is 0.337. The van der Waals surface area contributed by atoms with Crippen molar-refractivity contribution >= 4 is 11.5 Å². The van der Waals surface area contributed by atoms with Crippen molar-refractivity contribution in [3.05, 3.63) is 29.8 Å². The van der Waals surface area contributed by atoms with Crippen molar-refractivity contribution in [3.63, 3.8) is 0 Å². The Morgan fingerprint density at radius 2 is 1.94 bits per heavy atom. The molecule has 0 fully saturated rings. The molecular formula is C13H21N3. The minimum absolute atomic E-state index is 0.337. The van der Waals surface area contributed by atoms with Crippen LogP contribution in [0, 0.1) is 5.92 Å². The standard InChI is InChI=1S/C13H21N3/c1-3-10(2)13(15)16-12-6-4-11(5-7-12)8-9-14/h4-7,10H,3,8-9,14H2,1-2H3,(H2,15,16). The molecule has 1 aromatic carbocycles. The third-order valence-electron chi connectivity index (χ3n) is 2.74. The van der Waals surface area contributed by atoms with Crippen LogP contribution in [0.1, 0.15) is 25.8 Å². The quantitative estimate of drug-likeness (QED) is 0.589. The van der Waals surface area contributed by atoms with Crippen molar-refractivity contribution in [3.8, 4) is 0 Å². The van der Waals surface area contributed by atoms with E-state index in [1.54, 1.807) is 0 Å². The SMILES string of the molecule is CCC(C)C(N)=Nc1ccc(CCN)cc1. The van der Waals surface area contributed by atoms with Crippen molar-refractivity contribution in [1.82, 2.24) is 0 Å². The predicted molar refractivity (Wildman–Crippen MR) is 69.9 cm³/mol. The van der Waals surface area contributed by atoms with E-state index in [9.17, 15) is 0 Å². The van der Waals surface area contributed by atoms with Gasteiger partial charge in [0.1, 0.15) is 5.84 Å². The van der Waals surface area contributed by atoms with Gasteiger partial charge in [0, 0.05) is 5.92 Å². The van der Waals surface area contributed by atoms with E-state index >= 15 is 0 Å². The average Bonchev–Trinajstić information content (AvgIpc) is 2.31. The summed E-state index contributed by atoms with van der Waals surface area (Å²) < 4.78 is 0.